The smallest absolute Gasteiger partial charge is 0.235 e. The van der Waals surface area contributed by atoms with E-state index in [9.17, 15) is 4.79 Å². The highest BCUT2D eigenvalue weighted by atomic mass is 32.2. The van der Waals surface area contributed by atoms with Crippen molar-refractivity contribution in [3.8, 4) is 0 Å². The van der Waals surface area contributed by atoms with Crippen LogP contribution in [0.4, 0.5) is 5.82 Å². The molecule has 0 aliphatic heterocycles. The molecule has 2 rings (SSSR count). The second kappa shape index (κ2) is 6.61. The first-order valence-electron chi connectivity index (χ1n) is 6.60. The molecule has 4 nitrogen and oxygen atoms in total. The van der Waals surface area contributed by atoms with Crippen molar-refractivity contribution in [2.75, 3.05) is 11.1 Å². The summed E-state index contributed by atoms with van der Waals surface area (Å²) in [6.07, 6.45) is 0. The molecule has 2 aromatic rings. The number of benzene rings is 1. The first kappa shape index (κ1) is 14.7. The van der Waals surface area contributed by atoms with Crippen molar-refractivity contribution < 1.29 is 4.79 Å². The molecule has 0 unspecified atom stereocenters. The fourth-order valence-corrected chi connectivity index (χ4v) is 2.57. The topological polar surface area (TPSA) is 57.8 Å². The van der Waals surface area contributed by atoms with Gasteiger partial charge in [0.15, 0.2) is 5.82 Å². The fraction of sp³-hybridized carbons (Fsp3) is 0.333. The van der Waals surface area contributed by atoms with Crippen molar-refractivity contribution in [1.82, 2.24) is 10.2 Å². The van der Waals surface area contributed by atoms with Crippen LogP contribution in [0.15, 0.2) is 35.2 Å². The van der Waals surface area contributed by atoms with Gasteiger partial charge in [0.1, 0.15) is 0 Å². The Bertz CT molecular complexity index is 592. The van der Waals surface area contributed by atoms with E-state index in [1.807, 2.05) is 37.3 Å². The van der Waals surface area contributed by atoms with Crippen LogP contribution in [0.1, 0.15) is 31.0 Å². The Labute approximate surface area is 123 Å². The van der Waals surface area contributed by atoms with E-state index in [2.05, 4.69) is 29.4 Å². The van der Waals surface area contributed by atoms with Crippen molar-refractivity contribution >= 4 is 23.5 Å². The van der Waals surface area contributed by atoms with Gasteiger partial charge in [0, 0.05) is 16.7 Å². The lowest BCUT2D eigenvalue weighted by atomic mass is 10.1. The number of thioether (sulfide) groups is 1. The second-order valence-electron chi connectivity index (χ2n) is 4.97. The van der Waals surface area contributed by atoms with E-state index in [4.69, 9.17) is 0 Å². The Morgan fingerprint density at radius 1 is 1.40 bits per heavy atom. The molecule has 0 saturated heterocycles. The number of aromatic amines is 1. The number of H-pyrrole nitrogens is 1. The monoisotopic (exact) mass is 289 g/mol. The maximum atomic E-state index is 11.9. The number of rotatable bonds is 5. The number of nitrogens with zero attached hydrogens (tertiary/aromatic N) is 1. The van der Waals surface area contributed by atoms with Gasteiger partial charge in [0.2, 0.25) is 5.91 Å². The van der Waals surface area contributed by atoms with Crippen LogP contribution in [0.3, 0.4) is 0 Å². The highest BCUT2D eigenvalue weighted by molar-refractivity contribution is 8.00. The minimum atomic E-state index is -0.0416. The van der Waals surface area contributed by atoms with Crippen LogP contribution in [-0.2, 0) is 4.79 Å². The summed E-state index contributed by atoms with van der Waals surface area (Å²) in [4.78, 5) is 13.0. The standard InChI is InChI=1S/C15H19N3OS/c1-10(2)12-8-14(18-17-12)16-15(19)9-20-13-7-5-4-6-11(13)3/h4-8,10H,9H2,1-3H3,(H2,16,17,18,19). The van der Waals surface area contributed by atoms with Crippen molar-refractivity contribution in [3.05, 3.63) is 41.6 Å². The van der Waals surface area contributed by atoms with E-state index in [0.29, 0.717) is 17.5 Å². The average molecular weight is 289 g/mol. The summed E-state index contributed by atoms with van der Waals surface area (Å²) in [7, 11) is 0. The van der Waals surface area contributed by atoms with Gasteiger partial charge in [-0.1, -0.05) is 32.0 Å². The maximum Gasteiger partial charge on any atom is 0.235 e. The Hall–Kier alpha value is -1.75. The van der Waals surface area contributed by atoms with Gasteiger partial charge >= 0.3 is 0 Å². The number of hydrogen-bond donors (Lipinski definition) is 2. The minimum absolute atomic E-state index is 0.0416. The van der Waals surface area contributed by atoms with E-state index in [-0.39, 0.29) is 5.91 Å². The molecule has 2 N–H and O–H groups in total. The molecule has 5 heteroatoms. The summed E-state index contributed by atoms with van der Waals surface area (Å²) in [6.45, 7) is 6.20. The van der Waals surface area contributed by atoms with Gasteiger partial charge in [-0.25, -0.2) is 0 Å². The zero-order valence-electron chi connectivity index (χ0n) is 11.9. The Morgan fingerprint density at radius 2 is 2.15 bits per heavy atom. The van der Waals surface area contributed by atoms with E-state index in [1.54, 1.807) is 0 Å². The summed E-state index contributed by atoms with van der Waals surface area (Å²) < 4.78 is 0. The number of hydrogen-bond acceptors (Lipinski definition) is 3. The number of amides is 1. The molecule has 0 saturated carbocycles. The van der Waals surface area contributed by atoms with Crippen LogP contribution in [-0.4, -0.2) is 21.9 Å². The molecular formula is C15H19N3OS. The number of nitrogens with one attached hydrogen (secondary N) is 2. The Morgan fingerprint density at radius 3 is 2.80 bits per heavy atom. The van der Waals surface area contributed by atoms with Crippen molar-refractivity contribution in [3.63, 3.8) is 0 Å². The molecule has 0 aliphatic carbocycles. The quantitative estimate of drug-likeness (QED) is 0.827. The van der Waals surface area contributed by atoms with Crippen LogP contribution >= 0.6 is 11.8 Å². The molecule has 1 amide bonds. The van der Waals surface area contributed by atoms with Gasteiger partial charge in [-0.15, -0.1) is 11.8 Å². The third kappa shape index (κ3) is 3.87. The number of carbonyl (C=O) groups excluding carboxylic acids is 1. The fourth-order valence-electron chi connectivity index (χ4n) is 1.74. The van der Waals surface area contributed by atoms with E-state index in [1.165, 1.54) is 17.3 Å². The normalized spacial score (nSPS) is 10.8. The first-order chi connectivity index (χ1) is 9.56. The molecular weight excluding hydrogens is 270 g/mol. The highest BCUT2D eigenvalue weighted by Gasteiger charge is 2.09. The van der Waals surface area contributed by atoms with Gasteiger partial charge < -0.3 is 5.32 Å². The zero-order valence-corrected chi connectivity index (χ0v) is 12.8. The predicted octanol–water partition coefficient (Wildman–Crippen LogP) is 3.57. The van der Waals surface area contributed by atoms with Crippen LogP contribution in [0.5, 0.6) is 0 Å². The summed E-state index contributed by atoms with van der Waals surface area (Å²) in [5.41, 5.74) is 2.21. The molecule has 0 bridgehead atoms. The van der Waals surface area contributed by atoms with E-state index in [0.717, 1.165) is 10.6 Å². The molecule has 106 valence electrons. The molecule has 0 radical (unpaired) electrons. The summed E-state index contributed by atoms with van der Waals surface area (Å²) in [5, 5.41) is 9.81. The third-order valence-corrected chi connectivity index (χ3v) is 4.12. The minimum Gasteiger partial charge on any atom is -0.308 e. The van der Waals surface area contributed by atoms with Gasteiger partial charge in [0.25, 0.3) is 0 Å². The lowest BCUT2D eigenvalue weighted by Gasteiger charge is -2.04. The molecule has 1 heterocycles. The van der Waals surface area contributed by atoms with Gasteiger partial charge in [-0.05, 0) is 24.5 Å². The number of carbonyl (C=O) groups is 1. The van der Waals surface area contributed by atoms with Crippen LogP contribution in [0.25, 0.3) is 0 Å². The molecule has 0 fully saturated rings. The first-order valence-corrected chi connectivity index (χ1v) is 7.58. The average Bonchev–Trinajstić information content (AvgIpc) is 2.86. The molecule has 0 aliphatic rings. The van der Waals surface area contributed by atoms with Gasteiger partial charge in [-0.2, -0.15) is 5.10 Å². The highest BCUT2D eigenvalue weighted by Crippen LogP contribution is 2.22. The SMILES string of the molecule is Cc1ccccc1SCC(=O)Nc1cc(C(C)C)[nH]n1. The molecule has 1 aromatic heterocycles. The summed E-state index contributed by atoms with van der Waals surface area (Å²) in [6, 6.07) is 9.93. The van der Waals surface area contributed by atoms with Crippen LogP contribution in [0.2, 0.25) is 0 Å². The van der Waals surface area contributed by atoms with Gasteiger partial charge in [0.05, 0.1) is 5.75 Å². The molecule has 1 aromatic carbocycles. The van der Waals surface area contributed by atoms with E-state index >= 15 is 0 Å². The number of aromatic nitrogens is 2. The zero-order chi connectivity index (χ0) is 14.5. The molecule has 20 heavy (non-hydrogen) atoms. The van der Waals surface area contributed by atoms with E-state index < -0.39 is 0 Å². The van der Waals surface area contributed by atoms with Crippen molar-refractivity contribution in [2.24, 2.45) is 0 Å². The Balaban J connectivity index is 1.88. The van der Waals surface area contributed by atoms with Gasteiger partial charge in [-0.3, -0.25) is 9.89 Å². The van der Waals surface area contributed by atoms with Crippen LogP contribution < -0.4 is 5.32 Å². The third-order valence-electron chi connectivity index (χ3n) is 2.94. The molecule has 0 spiro atoms. The predicted molar refractivity (Wildman–Crippen MR) is 83.2 cm³/mol. The number of aryl methyl sites for hydroxylation is 1. The summed E-state index contributed by atoms with van der Waals surface area (Å²) >= 11 is 1.54. The maximum absolute atomic E-state index is 11.9. The van der Waals surface area contributed by atoms with Crippen molar-refractivity contribution in [1.29, 1.82) is 0 Å². The second-order valence-corrected chi connectivity index (χ2v) is 5.98. The molecule has 0 atom stereocenters. The number of anilines is 1. The van der Waals surface area contributed by atoms with Crippen LogP contribution in [0, 0.1) is 6.92 Å². The lowest BCUT2D eigenvalue weighted by molar-refractivity contribution is -0.113. The largest absolute Gasteiger partial charge is 0.308 e. The lowest BCUT2D eigenvalue weighted by Crippen LogP contribution is -2.14. The summed E-state index contributed by atoms with van der Waals surface area (Å²) in [5.74, 6) is 1.30. The Kier molecular flexibility index (Phi) is 4.84. The van der Waals surface area contributed by atoms with Crippen molar-refractivity contribution in [2.45, 2.75) is 31.6 Å².